The molecule has 1 aromatic heterocycles. The van der Waals surface area contributed by atoms with Gasteiger partial charge in [0.1, 0.15) is 0 Å². The van der Waals surface area contributed by atoms with Crippen molar-refractivity contribution in [2.45, 2.75) is 19.9 Å². The summed E-state index contributed by atoms with van der Waals surface area (Å²) >= 11 is 0. The maximum Gasteiger partial charge on any atom is 0.338 e. The molecule has 0 bridgehead atoms. The Kier molecular flexibility index (Phi) is 4.23. The zero-order valence-electron chi connectivity index (χ0n) is 11.1. The molecule has 1 atom stereocenters. The van der Waals surface area contributed by atoms with E-state index in [-0.39, 0.29) is 12.0 Å². The second-order valence-electron chi connectivity index (χ2n) is 4.22. The van der Waals surface area contributed by atoms with Crippen LogP contribution in [0.1, 0.15) is 35.8 Å². The summed E-state index contributed by atoms with van der Waals surface area (Å²) in [6.07, 6.45) is 3.36. The van der Waals surface area contributed by atoms with E-state index in [1.54, 1.807) is 31.6 Å². The minimum atomic E-state index is -0.295. The van der Waals surface area contributed by atoms with Crippen molar-refractivity contribution in [3.8, 4) is 0 Å². The highest BCUT2D eigenvalue weighted by Gasteiger charge is 2.08. The molecule has 0 fully saturated rings. The number of carbonyl (C=O) groups is 1. The molecule has 2 aromatic rings. The lowest BCUT2D eigenvalue weighted by Crippen LogP contribution is -2.07. The summed E-state index contributed by atoms with van der Waals surface area (Å²) in [4.78, 5) is 11.5. The van der Waals surface area contributed by atoms with Crippen LogP contribution in [0, 0.1) is 0 Å². The van der Waals surface area contributed by atoms with Gasteiger partial charge in [0, 0.05) is 11.3 Å². The molecule has 1 heterocycles. The summed E-state index contributed by atoms with van der Waals surface area (Å²) in [5.74, 6) is -0.295. The van der Waals surface area contributed by atoms with Crippen LogP contribution in [0.2, 0.25) is 0 Å². The van der Waals surface area contributed by atoms with Crippen molar-refractivity contribution in [2.75, 3.05) is 11.9 Å². The molecule has 0 aliphatic rings. The Morgan fingerprint density at radius 2 is 2.05 bits per heavy atom. The summed E-state index contributed by atoms with van der Waals surface area (Å²) in [5, 5.41) is 3.33. The molecule has 100 valence electrons. The lowest BCUT2D eigenvalue weighted by molar-refractivity contribution is 0.0526. The molecule has 0 amide bonds. The van der Waals surface area contributed by atoms with Crippen LogP contribution in [0.4, 0.5) is 5.69 Å². The van der Waals surface area contributed by atoms with Gasteiger partial charge in [-0.05, 0) is 44.2 Å². The SMILES string of the molecule is CCOC(=O)c1ccc(NC(C)c2ccoc2)cc1. The Morgan fingerprint density at radius 1 is 1.32 bits per heavy atom. The zero-order chi connectivity index (χ0) is 13.7. The second-order valence-corrected chi connectivity index (χ2v) is 4.22. The van der Waals surface area contributed by atoms with Crippen LogP contribution in [0.15, 0.2) is 47.3 Å². The number of benzene rings is 1. The molecular weight excluding hydrogens is 242 g/mol. The smallest absolute Gasteiger partial charge is 0.338 e. The van der Waals surface area contributed by atoms with Gasteiger partial charge in [-0.25, -0.2) is 4.79 Å². The van der Waals surface area contributed by atoms with Crippen LogP contribution in [0.25, 0.3) is 0 Å². The molecule has 4 nitrogen and oxygen atoms in total. The molecule has 1 aromatic carbocycles. The van der Waals surface area contributed by atoms with Crippen molar-refractivity contribution in [2.24, 2.45) is 0 Å². The molecule has 0 aliphatic carbocycles. The molecule has 1 N–H and O–H groups in total. The van der Waals surface area contributed by atoms with Crippen LogP contribution >= 0.6 is 0 Å². The number of ether oxygens (including phenoxy) is 1. The van der Waals surface area contributed by atoms with Crippen molar-refractivity contribution >= 4 is 11.7 Å². The fraction of sp³-hybridized carbons (Fsp3) is 0.267. The van der Waals surface area contributed by atoms with Crippen LogP contribution in [-0.2, 0) is 4.74 Å². The van der Waals surface area contributed by atoms with E-state index >= 15 is 0 Å². The number of furan rings is 1. The predicted octanol–water partition coefficient (Wildman–Crippen LogP) is 3.63. The third-order valence-electron chi connectivity index (χ3n) is 2.82. The van der Waals surface area contributed by atoms with E-state index in [2.05, 4.69) is 5.32 Å². The van der Waals surface area contributed by atoms with Gasteiger partial charge in [0.25, 0.3) is 0 Å². The van der Waals surface area contributed by atoms with Crippen LogP contribution in [0.3, 0.4) is 0 Å². The third-order valence-corrected chi connectivity index (χ3v) is 2.82. The van der Waals surface area contributed by atoms with Crippen molar-refractivity contribution in [3.63, 3.8) is 0 Å². The maximum atomic E-state index is 11.5. The lowest BCUT2D eigenvalue weighted by atomic mass is 10.1. The van der Waals surface area contributed by atoms with Gasteiger partial charge < -0.3 is 14.5 Å². The quantitative estimate of drug-likeness (QED) is 0.833. The first kappa shape index (κ1) is 13.2. The lowest BCUT2D eigenvalue weighted by Gasteiger charge is -2.13. The van der Waals surface area contributed by atoms with Gasteiger partial charge in [-0.15, -0.1) is 0 Å². The van der Waals surface area contributed by atoms with E-state index in [4.69, 9.17) is 9.15 Å². The second kappa shape index (κ2) is 6.09. The van der Waals surface area contributed by atoms with Crippen molar-refractivity contribution in [1.29, 1.82) is 0 Å². The standard InChI is InChI=1S/C15H17NO3/c1-3-19-15(17)12-4-6-14(7-5-12)16-11(2)13-8-9-18-10-13/h4-11,16H,3H2,1-2H3. The maximum absolute atomic E-state index is 11.5. The first-order valence-electron chi connectivity index (χ1n) is 6.26. The predicted molar refractivity (Wildman–Crippen MR) is 73.1 cm³/mol. The third kappa shape index (κ3) is 3.37. The number of nitrogens with one attached hydrogen (secondary N) is 1. The molecule has 1 unspecified atom stereocenters. The largest absolute Gasteiger partial charge is 0.472 e. The van der Waals surface area contributed by atoms with Gasteiger partial charge in [-0.2, -0.15) is 0 Å². The number of carbonyl (C=O) groups excluding carboxylic acids is 1. The average molecular weight is 259 g/mol. The monoisotopic (exact) mass is 259 g/mol. The average Bonchev–Trinajstić information content (AvgIpc) is 2.94. The van der Waals surface area contributed by atoms with Crippen LogP contribution in [0.5, 0.6) is 0 Å². The fourth-order valence-electron chi connectivity index (χ4n) is 1.77. The van der Waals surface area contributed by atoms with Gasteiger partial charge in [0.2, 0.25) is 0 Å². The number of anilines is 1. The topological polar surface area (TPSA) is 51.5 Å². The Labute approximate surface area is 112 Å². The van der Waals surface area contributed by atoms with Gasteiger partial charge in [-0.1, -0.05) is 0 Å². The Balaban J connectivity index is 2.01. The van der Waals surface area contributed by atoms with Gasteiger partial charge in [0.15, 0.2) is 0 Å². The molecule has 0 saturated carbocycles. The summed E-state index contributed by atoms with van der Waals surface area (Å²) in [7, 11) is 0. The fourth-order valence-corrected chi connectivity index (χ4v) is 1.77. The number of hydrogen-bond donors (Lipinski definition) is 1. The zero-order valence-corrected chi connectivity index (χ0v) is 11.1. The molecule has 0 aliphatic heterocycles. The summed E-state index contributed by atoms with van der Waals surface area (Å²) < 4.78 is 9.99. The van der Waals surface area contributed by atoms with Gasteiger partial charge in [0.05, 0.1) is 30.7 Å². The molecular formula is C15H17NO3. The highest BCUT2D eigenvalue weighted by molar-refractivity contribution is 5.89. The van der Waals surface area contributed by atoms with E-state index in [1.807, 2.05) is 25.1 Å². The molecule has 19 heavy (non-hydrogen) atoms. The van der Waals surface area contributed by atoms with E-state index in [0.717, 1.165) is 11.3 Å². The van der Waals surface area contributed by atoms with Crippen molar-refractivity contribution in [3.05, 3.63) is 54.0 Å². The summed E-state index contributed by atoms with van der Waals surface area (Å²) in [6.45, 7) is 4.22. The first-order valence-corrected chi connectivity index (χ1v) is 6.26. The highest BCUT2D eigenvalue weighted by atomic mass is 16.5. The van der Waals surface area contributed by atoms with E-state index in [1.165, 1.54) is 0 Å². The number of esters is 1. The van der Waals surface area contributed by atoms with Gasteiger partial charge >= 0.3 is 5.97 Å². The normalized spacial score (nSPS) is 11.9. The van der Waals surface area contributed by atoms with Crippen molar-refractivity contribution < 1.29 is 13.9 Å². The molecule has 4 heteroatoms. The summed E-state index contributed by atoms with van der Waals surface area (Å²) in [5.41, 5.74) is 2.58. The minimum Gasteiger partial charge on any atom is -0.472 e. The first-order chi connectivity index (χ1) is 9.20. The molecule has 2 rings (SSSR count). The Morgan fingerprint density at radius 3 is 2.63 bits per heavy atom. The van der Waals surface area contributed by atoms with Crippen LogP contribution in [-0.4, -0.2) is 12.6 Å². The Bertz CT molecular complexity index is 517. The molecule has 0 spiro atoms. The van der Waals surface area contributed by atoms with E-state index in [0.29, 0.717) is 12.2 Å². The number of hydrogen-bond acceptors (Lipinski definition) is 4. The molecule has 0 radical (unpaired) electrons. The molecule has 0 saturated heterocycles. The van der Waals surface area contributed by atoms with E-state index < -0.39 is 0 Å². The number of rotatable bonds is 5. The summed E-state index contributed by atoms with van der Waals surface area (Å²) in [6, 6.07) is 9.30. The van der Waals surface area contributed by atoms with Gasteiger partial charge in [-0.3, -0.25) is 0 Å². The van der Waals surface area contributed by atoms with Crippen molar-refractivity contribution in [1.82, 2.24) is 0 Å². The van der Waals surface area contributed by atoms with E-state index in [9.17, 15) is 4.79 Å². The van der Waals surface area contributed by atoms with Crippen LogP contribution < -0.4 is 5.32 Å². The minimum absolute atomic E-state index is 0.146. The Hall–Kier alpha value is -2.23. The highest BCUT2D eigenvalue weighted by Crippen LogP contribution is 2.20.